The maximum Gasteiger partial charge on any atom is 0.191 e. The quantitative estimate of drug-likeness (QED) is 0.591. The predicted octanol–water partition coefficient (Wildman–Crippen LogP) is 3.72. The van der Waals surface area contributed by atoms with E-state index >= 15 is 0 Å². The van der Waals surface area contributed by atoms with Crippen molar-refractivity contribution in [3.63, 3.8) is 0 Å². The molecule has 1 aromatic heterocycles. The zero-order valence-corrected chi connectivity index (χ0v) is 14.1. The molecule has 1 aliphatic carbocycles. The van der Waals surface area contributed by atoms with Gasteiger partial charge in [0.25, 0.3) is 0 Å². The minimum atomic E-state index is 0.536. The maximum absolute atomic E-state index is 4.58. The highest BCUT2D eigenvalue weighted by atomic mass is 32.2. The molecule has 0 bridgehead atoms. The van der Waals surface area contributed by atoms with Gasteiger partial charge in [-0.1, -0.05) is 25.1 Å². The van der Waals surface area contributed by atoms with Crippen LogP contribution in [-0.2, 0) is 0 Å². The number of hydrogen-bond acceptors (Lipinski definition) is 6. The molecule has 1 heterocycles. The van der Waals surface area contributed by atoms with Gasteiger partial charge in [0.15, 0.2) is 5.16 Å². The number of thioether (sulfide) groups is 2. The molecule has 0 amide bonds. The van der Waals surface area contributed by atoms with Gasteiger partial charge in [-0.05, 0) is 31.8 Å². The summed E-state index contributed by atoms with van der Waals surface area (Å²) in [6.07, 6.45) is 9.17. The number of aromatic nitrogens is 2. The highest BCUT2D eigenvalue weighted by Gasteiger charge is 2.26. The number of nitrogens with zero attached hydrogens (tertiary/aromatic N) is 2. The molecule has 6 heteroatoms. The van der Waals surface area contributed by atoms with Gasteiger partial charge in [-0.25, -0.2) is 9.97 Å². The van der Waals surface area contributed by atoms with Crippen molar-refractivity contribution in [3.05, 3.63) is 6.07 Å². The van der Waals surface area contributed by atoms with Crippen LogP contribution in [0.1, 0.15) is 32.6 Å². The topological polar surface area (TPSA) is 49.8 Å². The van der Waals surface area contributed by atoms with Gasteiger partial charge in [-0.15, -0.1) is 0 Å². The monoisotopic (exact) mass is 312 g/mol. The van der Waals surface area contributed by atoms with E-state index in [4.69, 9.17) is 0 Å². The van der Waals surface area contributed by atoms with Crippen LogP contribution >= 0.6 is 23.5 Å². The van der Waals surface area contributed by atoms with E-state index in [-0.39, 0.29) is 0 Å². The van der Waals surface area contributed by atoms with Crippen molar-refractivity contribution in [1.29, 1.82) is 0 Å². The zero-order valence-electron chi connectivity index (χ0n) is 12.5. The number of hydrogen-bond donors (Lipinski definition) is 2. The molecule has 4 nitrogen and oxygen atoms in total. The Kier molecular flexibility index (Phi) is 6.29. The summed E-state index contributed by atoms with van der Waals surface area (Å²) in [5, 5.41) is 8.49. The Labute approximate surface area is 130 Å². The molecule has 2 rings (SSSR count). The van der Waals surface area contributed by atoms with E-state index in [1.165, 1.54) is 19.3 Å². The molecule has 0 aromatic carbocycles. The molecular weight excluding hydrogens is 288 g/mol. The van der Waals surface area contributed by atoms with Crippen molar-refractivity contribution >= 4 is 35.2 Å². The van der Waals surface area contributed by atoms with E-state index in [9.17, 15) is 0 Å². The normalized spacial score (nSPS) is 21.9. The molecular formula is C14H24N4S2. The highest BCUT2D eigenvalue weighted by molar-refractivity contribution is 7.99. The third kappa shape index (κ3) is 4.19. The summed E-state index contributed by atoms with van der Waals surface area (Å²) in [5.41, 5.74) is 0. The molecule has 1 aromatic rings. The number of rotatable bonds is 7. The van der Waals surface area contributed by atoms with Gasteiger partial charge in [-0.3, -0.25) is 0 Å². The van der Waals surface area contributed by atoms with E-state index in [2.05, 4.69) is 33.8 Å². The van der Waals surface area contributed by atoms with Crippen molar-refractivity contribution in [1.82, 2.24) is 9.97 Å². The summed E-state index contributed by atoms with van der Waals surface area (Å²) in [7, 11) is 0. The van der Waals surface area contributed by atoms with Crippen LogP contribution in [0.5, 0.6) is 0 Å². The molecule has 0 spiro atoms. The van der Waals surface area contributed by atoms with Gasteiger partial charge >= 0.3 is 0 Å². The third-order valence-electron chi connectivity index (χ3n) is 3.53. The first-order chi connectivity index (χ1) is 9.76. The van der Waals surface area contributed by atoms with Crippen LogP contribution < -0.4 is 10.6 Å². The summed E-state index contributed by atoms with van der Waals surface area (Å²) in [5.74, 6) is 1.88. The first-order valence-electron chi connectivity index (χ1n) is 7.23. The number of anilines is 2. The molecule has 112 valence electrons. The van der Waals surface area contributed by atoms with Gasteiger partial charge < -0.3 is 10.6 Å². The van der Waals surface area contributed by atoms with E-state index in [0.717, 1.165) is 29.8 Å². The smallest absolute Gasteiger partial charge is 0.191 e. The van der Waals surface area contributed by atoms with Crippen LogP contribution in [0.3, 0.4) is 0 Å². The van der Waals surface area contributed by atoms with Crippen LogP contribution in [-0.4, -0.2) is 40.3 Å². The predicted molar refractivity (Wildman–Crippen MR) is 91.2 cm³/mol. The van der Waals surface area contributed by atoms with Crippen LogP contribution in [0.25, 0.3) is 0 Å². The van der Waals surface area contributed by atoms with Gasteiger partial charge in [0.05, 0.1) is 0 Å². The molecule has 20 heavy (non-hydrogen) atoms. The van der Waals surface area contributed by atoms with Crippen molar-refractivity contribution in [2.24, 2.45) is 0 Å². The van der Waals surface area contributed by atoms with Gasteiger partial charge in [0, 0.05) is 23.9 Å². The zero-order chi connectivity index (χ0) is 14.4. The van der Waals surface area contributed by atoms with Crippen LogP contribution in [0.4, 0.5) is 11.6 Å². The van der Waals surface area contributed by atoms with Crippen molar-refractivity contribution < 1.29 is 0 Å². The Balaban J connectivity index is 2.09. The standard InChI is InChI=1S/C14H24N4S2/c1-4-8-15-12-9-13(18-14(17-12)20-3)16-10-6-5-7-11(10)19-2/h9-11H,4-8H2,1-3H3,(H2,15,16,17,18). The second kappa shape index (κ2) is 7.98. The minimum absolute atomic E-state index is 0.536. The first-order valence-corrected chi connectivity index (χ1v) is 9.74. The van der Waals surface area contributed by atoms with Crippen LogP contribution in [0, 0.1) is 0 Å². The lowest BCUT2D eigenvalue weighted by atomic mass is 10.2. The van der Waals surface area contributed by atoms with Crippen LogP contribution in [0.2, 0.25) is 0 Å². The molecule has 0 aliphatic heterocycles. The second-order valence-corrected chi connectivity index (χ2v) is 6.86. The van der Waals surface area contributed by atoms with E-state index in [1.807, 2.05) is 24.1 Å². The van der Waals surface area contributed by atoms with E-state index in [0.29, 0.717) is 11.3 Å². The molecule has 0 saturated heterocycles. The number of nitrogens with one attached hydrogen (secondary N) is 2. The summed E-state index contributed by atoms with van der Waals surface area (Å²) < 4.78 is 0. The van der Waals surface area contributed by atoms with Crippen LogP contribution in [0.15, 0.2) is 11.2 Å². The Hall–Kier alpha value is -0.620. The largest absolute Gasteiger partial charge is 0.370 e. The highest BCUT2D eigenvalue weighted by Crippen LogP contribution is 2.31. The molecule has 0 radical (unpaired) electrons. The Bertz CT molecular complexity index is 428. The average molecular weight is 313 g/mol. The van der Waals surface area contributed by atoms with Crippen molar-refractivity contribution in [3.8, 4) is 0 Å². The minimum Gasteiger partial charge on any atom is -0.370 e. The Morgan fingerprint density at radius 1 is 1.25 bits per heavy atom. The lowest BCUT2D eigenvalue weighted by molar-refractivity contribution is 0.758. The lowest BCUT2D eigenvalue weighted by Crippen LogP contribution is -2.26. The van der Waals surface area contributed by atoms with Gasteiger partial charge in [-0.2, -0.15) is 11.8 Å². The lowest BCUT2D eigenvalue weighted by Gasteiger charge is -2.20. The third-order valence-corrected chi connectivity index (χ3v) is 5.25. The molecule has 2 atom stereocenters. The van der Waals surface area contributed by atoms with Gasteiger partial charge in [0.1, 0.15) is 11.6 Å². The fraction of sp³-hybridized carbons (Fsp3) is 0.714. The van der Waals surface area contributed by atoms with E-state index < -0.39 is 0 Å². The molecule has 1 fully saturated rings. The average Bonchev–Trinajstić information content (AvgIpc) is 2.92. The molecule has 1 aliphatic rings. The molecule has 1 saturated carbocycles. The Morgan fingerprint density at radius 2 is 2.05 bits per heavy atom. The Morgan fingerprint density at radius 3 is 2.75 bits per heavy atom. The summed E-state index contributed by atoms with van der Waals surface area (Å²) in [6.45, 7) is 3.10. The maximum atomic E-state index is 4.58. The second-order valence-electron chi connectivity index (χ2n) is 5.01. The van der Waals surface area contributed by atoms with Crippen molar-refractivity contribution in [2.75, 3.05) is 29.7 Å². The fourth-order valence-corrected chi connectivity index (χ4v) is 3.81. The summed E-state index contributed by atoms with van der Waals surface area (Å²) in [6, 6.07) is 2.57. The van der Waals surface area contributed by atoms with Gasteiger partial charge in [0.2, 0.25) is 0 Å². The fourth-order valence-electron chi connectivity index (χ4n) is 2.50. The SMILES string of the molecule is CCCNc1cc(NC2CCCC2SC)nc(SC)n1. The van der Waals surface area contributed by atoms with Crippen molar-refractivity contribution in [2.45, 2.75) is 49.1 Å². The first kappa shape index (κ1) is 15.8. The summed E-state index contributed by atoms with van der Waals surface area (Å²) >= 11 is 3.55. The summed E-state index contributed by atoms with van der Waals surface area (Å²) in [4.78, 5) is 9.08. The molecule has 2 N–H and O–H groups in total. The molecule has 2 unspecified atom stereocenters. The van der Waals surface area contributed by atoms with E-state index in [1.54, 1.807) is 11.8 Å².